The highest BCUT2D eigenvalue weighted by atomic mass is 16.1. The first-order valence-corrected chi connectivity index (χ1v) is 7.25. The van der Waals surface area contributed by atoms with Crippen molar-refractivity contribution >= 4 is 11.6 Å². The lowest BCUT2D eigenvalue weighted by Gasteiger charge is -2.18. The number of benzene rings is 1. The molecule has 1 atom stereocenters. The van der Waals surface area contributed by atoms with E-state index < -0.39 is 0 Å². The van der Waals surface area contributed by atoms with Crippen molar-refractivity contribution in [1.82, 2.24) is 5.32 Å². The molecule has 1 aromatic carbocycles. The number of nitrogen functional groups attached to an aromatic ring is 1. The first-order chi connectivity index (χ1) is 9.08. The van der Waals surface area contributed by atoms with Crippen molar-refractivity contribution < 1.29 is 4.79 Å². The van der Waals surface area contributed by atoms with Gasteiger partial charge in [-0.3, -0.25) is 4.79 Å². The van der Waals surface area contributed by atoms with E-state index in [9.17, 15) is 4.79 Å². The van der Waals surface area contributed by atoms with Gasteiger partial charge in [-0.05, 0) is 37.5 Å². The smallest absolute Gasteiger partial charge is 0.251 e. The van der Waals surface area contributed by atoms with Crippen LogP contribution in [-0.4, -0.2) is 11.9 Å². The van der Waals surface area contributed by atoms with Gasteiger partial charge in [-0.1, -0.05) is 39.2 Å². The number of hydrogen-bond acceptors (Lipinski definition) is 2. The van der Waals surface area contributed by atoms with E-state index in [4.69, 9.17) is 5.73 Å². The molecule has 0 saturated carbocycles. The molecule has 19 heavy (non-hydrogen) atoms. The van der Waals surface area contributed by atoms with Crippen LogP contribution < -0.4 is 11.1 Å². The van der Waals surface area contributed by atoms with Gasteiger partial charge in [0, 0.05) is 17.3 Å². The van der Waals surface area contributed by atoms with Crippen LogP contribution >= 0.6 is 0 Å². The van der Waals surface area contributed by atoms with Crippen LogP contribution in [0, 0.1) is 6.92 Å². The average Bonchev–Trinajstić information content (AvgIpc) is 2.39. The van der Waals surface area contributed by atoms with Gasteiger partial charge in [0.25, 0.3) is 5.91 Å². The molecule has 3 heteroatoms. The molecule has 1 amide bonds. The minimum Gasteiger partial charge on any atom is -0.399 e. The van der Waals surface area contributed by atoms with Gasteiger partial charge < -0.3 is 11.1 Å². The van der Waals surface area contributed by atoms with Crippen LogP contribution in [0.5, 0.6) is 0 Å². The molecule has 1 unspecified atom stereocenters. The van der Waals surface area contributed by atoms with Crippen molar-refractivity contribution in [2.45, 2.75) is 58.9 Å². The van der Waals surface area contributed by atoms with Crippen molar-refractivity contribution in [3.05, 3.63) is 29.3 Å². The second kappa shape index (κ2) is 7.82. The molecule has 3 nitrogen and oxygen atoms in total. The second-order valence-corrected chi connectivity index (χ2v) is 5.18. The summed E-state index contributed by atoms with van der Waals surface area (Å²) >= 11 is 0. The number of rotatable bonds is 7. The van der Waals surface area contributed by atoms with Crippen molar-refractivity contribution in [2.75, 3.05) is 5.73 Å². The number of unbranched alkanes of at least 4 members (excludes halogenated alkanes) is 1. The zero-order chi connectivity index (χ0) is 14.3. The van der Waals surface area contributed by atoms with Gasteiger partial charge in [-0.2, -0.15) is 0 Å². The number of amides is 1. The van der Waals surface area contributed by atoms with Crippen molar-refractivity contribution in [3.63, 3.8) is 0 Å². The molecule has 3 N–H and O–H groups in total. The van der Waals surface area contributed by atoms with Crippen molar-refractivity contribution in [3.8, 4) is 0 Å². The zero-order valence-electron chi connectivity index (χ0n) is 12.3. The SMILES string of the molecule is CCCCC(CCC)NC(=O)c1cc(N)ccc1C. The molecule has 0 aliphatic heterocycles. The number of carbonyl (C=O) groups is 1. The highest BCUT2D eigenvalue weighted by Gasteiger charge is 2.14. The maximum absolute atomic E-state index is 12.3. The Morgan fingerprint density at radius 2 is 2.00 bits per heavy atom. The van der Waals surface area contributed by atoms with Crippen molar-refractivity contribution in [1.29, 1.82) is 0 Å². The van der Waals surface area contributed by atoms with Crippen LogP contribution in [0.1, 0.15) is 61.9 Å². The van der Waals surface area contributed by atoms with E-state index >= 15 is 0 Å². The predicted molar refractivity (Wildman–Crippen MR) is 81.3 cm³/mol. The van der Waals surface area contributed by atoms with Gasteiger partial charge in [0.15, 0.2) is 0 Å². The molecule has 0 radical (unpaired) electrons. The number of hydrogen-bond donors (Lipinski definition) is 2. The number of nitrogens with one attached hydrogen (secondary N) is 1. The maximum Gasteiger partial charge on any atom is 0.251 e. The summed E-state index contributed by atoms with van der Waals surface area (Å²) in [6.07, 6.45) is 5.49. The topological polar surface area (TPSA) is 55.1 Å². The van der Waals surface area contributed by atoms with Crippen molar-refractivity contribution in [2.24, 2.45) is 0 Å². The standard InChI is InChI=1S/C16H26N2O/c1-4-6-8-14(7-5-2)18-16(19)15-11-13(17)10-9-12(15)3/h9-11,14H,4-8,17H2,1-3H3,(H,18,19). The molecule has 1 aromatic rings. The highest BCUT2D eigenvalue weighted by Crippen LogP contribution is 2.14. The number of aryl methyl sites for hydroxylation is 1. The van der Waals surface area contributed by atoms with Gasteiger partial charge in [-0.25, -0.2) is 0 Å². The minimum atomic E-state index is -0.000599. The fourth-order valence-corrected chi connectivity index (χ4v) is 2.24. The third-order valence-electron chi connectivity index (χ3n) is 3.38. The Bertz CT molecular complexity index is 415. The maximum atomic E-state index is 12.3. The van der Waals surface area contributed by atoms with Crippen LogP contribution in [-0.2, 0) is 0 Å². The summed E-state index contributed by atoms with van der Waals surface area (Å²) in [4.78, 5) is 12.3. The third-order valence-corrected chi connectivity index (χ3v) is 3.38. The predicted octanol–water partition coefficient (Wildman–Crippen LogP) is 3.67. The van der Waals surface area contributed by atoms with Gasteiger partial charge in [0.1, 0.15) is 0 Å². The average molecular weight is 262 g/mol. The van der Waals surface area contributed by atoms with E-state index in [-0.39, 0.29) is 11.9 Å². The number of anilines is 1. The van der Waals surface area contributed by atoms with Crippen LogP contribution in [0.15, 0.2) is 18.2 Å². The van der Waals surface area contributed by atoms with E-state index in [0.717, 1.165) is 37.7 Å². The fourth-order valence-electron chi connectivity index (χ4n) is 2.24. The Balaban J connectivity index is 2.72. The molecule has 0 aliphatic carbocycles. The second-order valence-electron chi connectivity index (χ2n) is 5.18. The first kappa shape index (κ1) is 15.5. The van der Waals surface area contributed by atoms with E-state index in [1.54, 1.807) is 6.07 Å². The van der Waals surface area contributed by atoms with Crippen LogP contribution in [0.25, 0.3) is 0 Å². The number of nitrogens with two attached hydrogens (primary N) is 1. The molecule has 0 bridgehead atoms. The molecule has 1 rings (SSSR count). The summed E-state index contributed by atoms with van der Waals surface area (Å²) in [5.74, 6) is -0.000599. The van der Waals surface area contributed by atoms with E-state index in [2.05, 4.69) is 19.2 Å². The molecule has 0 aliphatic rings. The lowest BCUT2D eigenvalue weighted by molar-refractivity contribution is 0.0931. The lowest BCUT2D eigenvalue weighted by atomic mass is 10.0. The van der Waals surface area contributed by atoms with Gasteiger partial charge >= 0.3 is 0 Å². The lowest BCUT2D eigenvalue weighted by Crippen LogP contribution is -2.35. The Kier molecular flexibility index (Phi) is 6.40. The van der Waals surface area contributed by atoms with E-state index in [1.807, 2.05) is 19.1 Å². The molecule has 0 fully saturated rings. The monoisotopic (exact) mass is 262 g/mol. The highest BCUT2D eigenvalue weighted by molar-refractivity contribution is 5.96. The molecule has 0 spiro atoms. The summed E-state index contributed by atoms with van der Waals surface area (Å²) in [5, 5.41) is 3.14. The minimum absolute atomic E-state index is 0.000599. The molecule has 0 saturated heterocycles. The molecular weight excluding hydrogens is 236 g/mol. The molecule has 0 heterocycles. The van der Waals surface area contributed by atoms with Gasteiger partial charge in [0.2, 0.25) is 0 Å². The number of carbonyl (C=O) groups excluding carboxylic acids is 1. The largest absolute Gasteiger partial charge is 0.399 e. The van der Waals surface area contributed by atoms with Crippen LogP contribution in [0.2, 0.25) is 0 Å². The quantitative estimate of drug-likeness (QED) is 0.737. The van der Waals surface area contributed by atoms with E-state index in [1.165, 1.54) is 0 Å². The summed E-state index contributed by atoms with van der Waals surface area (Å²) < 4.78 is 0. The normalized spacial score (nSPS) is 12.2. The molecule has 0 aromatic heterocycles. The summed E-state index contributed by atoms with van der Waals surface area (Å²) in [6, 6.07) is 5.75. The van der Waals surface area contributed by atoms with Gasteiger partial charge in [0.05, 0.1) is 0 Å². The fraction of sp³-hybridized carbons (Fsp3) is 0.562. The summed E-state index contributed by atoms with van der Waals surface area (Å²) in [6.45, 7) is 6.26. The zero-order valence-corrected chi connectivity index (χ0v) is 12.3. The molecular formula is C16H26N2O. The van der Waals surface area contributed by atoms with Gasteiger partial charge in [-0.15, -0.1) is 0 Å². The Hall–Kier alpha value is -1.51. The Labute approximate surface area is 116 Å². The Morgan fingerprint density at radius 3 is 2.63 bits per heavy atom. The first-order valence-electron chi connectivity index (χ1n) is 7.25. The van der Waals surface area contributed by atoms with E-state index in [0.29, 0.717) is 11.3 Å². The summed E-state index contributed by atoms with van der Waals surface area (Å²) in [7, 11) is 0. The third kappa shape index (κ3) is 4.93. The Morgan fingerprint density at radius 1 is 1.26 bits per heavy atom. The molecule has 106 valence electrons. The summed E-state index contributed by atoms with van der Waals surface area (Å²) in [5.41, 5.74) is 8.05. The van der Waals surface area contributed by atoms with Crippen LogP contribution in [0.3, 0.4) is 0 Å². The van der Waals surface area contributed by atoms with Crippen LogP contribution in [0.4, 0.5) is 5.69 Å².